The van der Waals surface area contributed by atoms with Crippen LogP contribution in [-0.4, -0.2) is 12.2 Å². The van der Waals surface area contributed by atoms with Gasteiger partial charge in [0.05, 0.1) is 6.61 Å². The maximum absolute atomic E-state index is 12.7. The van der Waals surface area contributed by atoms with Crippen molar-refractivity contribution in [3.8, 4) is 11.5 Å². The fraction of sp³-hybridized carbons (Fsp3) is 0.760. The van der Waals surface area contributed by atoms with Gasteiger partial charge in [-0.2, -0.15) is 0 Å². The lowest BCUT2D eigenvalue weighted by atomic mass is 9.69. The predicted molar refractivity (Wildman–Crippen MR) is 118 cm³/mol. The van der Waals surface area contributed by atoms with Crippen LogP contribution in [0.3, 0.4) is 0 Å². The van der Waals surface area contributed by atoms with Crippen LogP contribution in [0.2, 0.25) is 0 Å². The van der Waals surface area contributed by atoms with Crippen molar-refractivity contribution in [2.75, 3.05) is 6.61 Å². The van der Waals surface area contributed by atoms with Gasteiger partial charge in [0, 0.05) is 11.6 Å². The van der Waals surface area contributed by atoms with E-state index in [0.717, 1.165) is 17.8 Å². The van der Waals surface area contributed by atoms with E-state index in [1.807, 2.05) is 0 Å². The number of halogens is 3. The van der Waals surface area contributed by atoms with Crippen LogP contribution in [0.25, 0.3) is 0 Å². The van der Waals surface area contributed by atoms with Crippen molar-refractivity contribution < 1.29 is 18.3 Å². The third-order valence-electron chi connectivity index (χ3n) is 7.21. The molecule has 2 fully saturated rings. The molecule has 2 saturated carbocycles. The summed E-state index contributed by atoms with van der Waals surface area (Å²) in [7, 11) is 0. The second-order valence-corrected chi connectivity index (χ2v) is 9.83. The zero-order valence-corrected chi connectivity index (χ0v) is 19.0. The maximum atomic E-state index is 12.7. The van der Waals surface area contributed by atoms with E-state index in [1.165, 1.54) is 89.2 Å². The van der Waals surface area contributed by atoms with E-state index in [2.05, 4.69) is 11.7 Å². The SMILES string of the molecule is CCCCCC1CCC(C2CCC(COc3ccc(OC(F)(F)Cl)cc3)CC2)CC1. The van der Waals surface area contributed by atoms with E-state index < -0.39 is 5.57 Å². The van der Waals surface area contributed by atoms with Crippen LogP contribution in [0, 0.1) is 23.7 Å². The second-order valence-electron chi connectivity index (χ2n) is 9.39. The van der Waals surface area contributed by atoms with E-state index in [9.17, 15) is 8.78 Å². The van der Waals surface area contributed by atoms with Crippen molar-refractivity contribution in [1.82, 2.24) is 0 Å². The maximum Gasteiger partial charge on any atom is 0.487 e. The van der Waals surface area contributed by atoms with Gasteiger partial charge in [-0.15, -0.1) is 8.78 Å². The first-order valence-electron chi connectivity index (χ1n) is 11.9. The molecular formula is C25H37ClF2O2. The monoisotopic (exact) mass is 442 g/mol. The number of rotatable bonds is 10. The first kappa shape index (κ1) is 23.6. The molecule has 0 saturated heterocycles. The molecule has 0 atom stereocenters. The molecule has 0 radical (unpaired) electrons. The van der Waals surface area contributed by atoms with Crippen molar-refractivity contribution >= 4 is 11.6 Å². The number of hydrogen-bond acceptors (Lipinski definition) is 2. The summed E-state index contributed by atoms with van der Waals surface area (Å²) in [5.74, 6) is 4.15. The quantitative estimate of drug-likeness (QED) is 0.267. The summed E-state index contributed by atoms with van der Waals surface area (Å²) < 4.78 is 35.5. The molecule has 0 unspecified atom stereocenters. The molecule has 0 aliphatic heterocycles. The van der Waals surface area contributed by atoms with Crippen molar-refractivity contribution in [2.45, 2.75) is 89.5 Å². The first-order chi connectivity index (χ1) is 14.4. The molecule has 1 aromatic rings. The van der Waals surface area contributed by atoms with Gasteiger partial charge in [0.15, 0.2) is 0 Å². The molecular weight excluding hydrogens is 406 g/mol. The van der Waals surface area contributed by atoms with Gasteiger partial charge in [-0.05, 0) is 86.5 Å². The molecule has 0 aromatic heterocycles. The molecule has 2 aliphatic carbocycles. The van der Waals surface area contributed by atoms with Gasteiger partial charge in [0.25, 0.3) is 0 Å². The zero-order valence-electron chi connectivity index (χ0n) is 18.3. The minimum absolute atomic E-state index is 0.0305. The van der Waals surface area contributed by atoms with Crippen LogP contribution in [0.4, 0.5) is 8.78 Å². The summed E-state index contributed by atoms with van der Waals surface area (Å²) in [4.78, 5) is 0. The second kappa shape index (κ2) is 11.5. The highest BCUT2D eigenvalue weighted by molar-refractivity contribution is 6.20. The van der Waals surface area contributed by atoms with Crippen molar-refractivity contribution in [3.05, 3.63) is 24.3 Å². The smallest absolute Gasteiger partial charge is 0.487 e. The predicted octanol–water partition coefficient (Wildman–Crippen LogP) is 8.43. The third kappa shape index (κ3) is 7.90. The number of hydrogen-bond donors (Lipinski definition) is 0. The molecule has 0 N–H and O–H groups in total. The van der Waals surface area contributed by atoms with E-state index in [0.29, 0.717) is 18.3 Å². The molecule has 5 heteroatoms. The van der Waals surface area contributed by atoms with Gasteiger partial charge >= 0.3 is 5.57 Å². The fourth-order valence-electron chi connectivity index (χ4n) is 5.41. The summed E-state index contributed by atoms with van der Waals surface area (Å²) >= 11 is 4.78. The number of alkyl halides is 3. The molecule has 0 bridgehead atoms. The Balaban J connectivity index is 1.32. The highest BCUT2D eigenvalue weighted by atomic mass is 35.5. The molecule has 3 rings (SSSR count). The average molecular weight is 443 g/mol. The largest absolute Gasteiger partial charge is 0.493 e. The van der Waals surface area contributed by atoms with E-state index in [-0.39, 0.29) is 5.75 Å². The minimum atomic E-state index is -3.69. The fourth-order valence-corrected chi connectivity index (χ4v) is 5.50. The normalized spacial score (nSPS) is 27.6. The molecule has 0 spiro atoms. The number of unbranched alkanes of at least 4 members (excludes halogenated alkanes) is 2. The van der Waals surface area contributed by atoms with E-state index >= 15 is 0 Å². The Hall–Kier alpha value is -1.03. The molecule has 0 amide bonds. The zero-order chi connectivity index (χ0) is 21.4. The summed E-state index contributed by atoms with van der Waals surface area (Å²) in [5.41, 5.74) is -3.69. The lowest BCUT2D eigenvalue weighted by Crippen LogP contribution is -2.27. The van der Waals surface area contributed by atoms with Gasteiger partial charge in [0.2, 0.25) is 0 Å². The molecule has 2 nitrogen and oxygen atoms in total. The Morgan fingerprint density at radius 2 is 1.37 bits per heavy atom. The number of benzene rings is 1. The topological polar surface area (TPSA) is 18.5 Å². The molecule has 2 aliphatic rings. The van der Waals surface area contributed by atoms with Crippen LogP contribution in [0.5, 0.6) is 11.5 Å². The van der Waals surface area contributed by atoms with Crippen LogP contribution < -0.4 is 9.47 Å². The minimum Gasteiger partial charge on any atom is -0.493 e. The standard InChI is InChI=1S/C25H37ClF2O2/c1-2-3-4-5-19-6-10-21(11-7-19)22-12-8-20(9-13-22)18-29-23-14-16-24(17-15-23)30-25(26,27)28/h14-17,19-22H,2-13,18H2,1H3. The van der Waals surface area contributed by atoms with E-state index in [1.54, 1.807) is 12.1 Å². The van der Waals surface area contributed by atoms with Gasteiger partial charge in [-0.1, -0.05) is 45.4 Å². The Morgan fingerprint density at radius 1 is 0.833 bits per heavy atom. The lowest BCUT2D eigenvalue weighted by Gasteiger charge is -2.38. The highest BCUT2D eigenvalue weighted by Crippen LogP contribution is 2.42. The Morgan fingerprint density at radius 3 is 1.90 bits per heavy atom. The Labute approximate surface area is 185 Å². The first-order valence-corrected chi connectivity index (χ1v) is 12.3. The molecule has 1 aromatic carbocycles. The van der Waals surface area contributed by atoms with E-state index in [4.69, 9.17) is 16.3 Å². The van der Waals surface area contributed by atoms with Crippen molar-refractivity contribution in [2.24, 2.45) is 23.7 Å². The Kier molecular flexibility index (Phi) is 9.10. The highest BCUT2D eigenvalue weighted by Gasteiger charge is 2.31. The molecule has 30 heavy (non-hydrogen) atoms. The third-order valence-corrected chi connectivity index (χ3v) is 7.29. The van der Waals surface area contributed by atoms with Crippen molar-refractivity contribution in [3.63, 3.8) is 0 Å². The van der Waals surface area contributed by atoms with Crippen LogP contribution in [-0.2, 0) is 0 Å². The van der Waals surface area contributed by atoms with Crippen molar-refractivity contribution in [1.29, 1.82) is 0 Å². The number of ether oxygens (including phenoxy) is 2. The Bertz CT molecular complexity index is 601. The van der Waals surface area contributed by atoms with Gasteiger partial charge in [-0.25, -0.2) is 0 Å². The summed E-state index contributed by atoms with van der Waals surface area (Å²) in [6.45, 7) is 2.98. The molecule has 170 valence electrons. The van der Waals surface area contributed by atoms with Crippen LogP contribution >= 0.6 is 11.6 Å². The van der Waals surface area contributed by atoms with Gasteiger partial charge < -0.3 is 9.47 Å². The summed E-state index contributed by atoms with van der Waals surface area (Å²) in [5, 5.41) is 0. The average Bonchev–Trinajstić information content (AvgIpc) is 2.73. The summed E-state index contributed by atoms with van der Waals surface area (Å²) in [6.07, 6.45) is 16.5. The van der Waals surface area contributed by atoms with Crippen LogP contribution in [0.15, 0.2) is 24.3 Å². The van der Waals surface area contributed by atoms with Gasteiger partial charge in [0.1, 0.15) is 11.5 Å². The lowest BCUT2D eigenvalue weighted by molar-refractivity contribution is -0.0965. The summed E-state index contributed by atoms with van der Waals surface area (Å²) in [6, 6.07) is 6.23. The van der Waals surface area contributed by atoms with Gasteiger partial charge in [-0.3, -0.25) is 0 Å². The van der Waals surface area contributed by atoms with Crippen LogP contribution in [0.1, 0.15) is 84.0 Å². The molecule has 0 heterocycles.